The molecule has 19 heavy (non-hydrogen) atoms. The quantitative estimate of drug-likeness (QED) is 0.931. The molecule has 1 aliphatic rings. The van der Waals surface area contributed by atoms with Crippen LogP contribution >= 0.6 is 24.0 Å². The molecule has 1 amide bonds. The fourth-order valence-electron chi connectivity index (χ4n) is 2.37. The fourth-order valence-corrected chi connectivity index (χ4v) is 2.57. The summed E-state index contributed by atoms with van der Waals surface area (Å²) in [5, 5.41) is 3.96. The fraction of sp³-hybridized carbons (Fsp3) is 0.500. The molecule has 2 unspecified atom stereocenters. The summed E-state index contributed by atoms with van der Waals surface area (Å²) in [5.41, 5.74) is 0.977. The molecule has 1 aromatic rings. The van der Waals surface area contributed by atoms with Crippen molar-refractivity contribution in [2.24, 2.45) is 0 Å². The van der Waals surface area contributed by atoms with Gasteiger partial charge in [-0.05, 0) is 37.6 Å². The average Bonchev–Trinajstić information content (AvgIpc) is 2.90. The van der Waals surface area contributed by atoms with Crippen LogP contribution in [0.2, 0.25) is 5.02 Å². The SMILES string of the molecule is CC(C(=O)N(C)C1CCNC1)c1cccc(Cl)c1.Cl. The standard InChI is InChI=1S/C14H19ClN2O.ClH/c1-10(11-4-3-5-12(15)8-11)14(18)17(2)13-6-7-16-9-13;/h3-5,8,10,13,16H,6-7,9H2,1-2H3;1H. The highest BCUT2D eigenvalue weighted by atomic mass is 35.5. The smallest absolute Gasteiger partial charge is 0.229 e. The molecular weight excluding hydrogens is 283 g/mol. The number of hydrogen-bond acceptors (Lipinski definition) is 2. The van der Waals surface area contributed by atoms with Crippen molar-refractivity contribution in [2.45, 2.75) is 25.3 Å². The number of nitrogens with zero attached hydrogens (tertiary/aromatic N) is 1. The van der Waals surface area contributed by atoms with Crippen molar-refractivity contribution in [3.05, 3.63) is 34.9 Å². The van der Waals surface area contributed by atoms with E-state index in [0.29, 0.717) is 11.1 Å². The van der Waals surface area contributed by atoms with Crippen LogP contribution in [0.4, 0.5) is 0 Å². The Labute approximate surface area is 125 Å². The third-order valence-corrected chi connectivity index (χ3v) is 3.88. The van der Waals surface area contributed by atoms with Gasteiger partial charge in [-0.2, -0.15) is 0 Å². The number of amides is 1. The van der Waals surface area contributed by atoms with Crippen molar-refractivity contribution in [1.82, 2.24) is 10.2 Å². The van der Waals surface area contributed by atoms with Crippen molar-refractivity contribution in [1.29, 1.82) is 0 Å². The number of carbonyl (C=O) groups excluding carboxylic acids is 1. The summed E-state index contributed by atoms with van der Waals surface area (Å²) in [6.45, 7) is 3.82. The Hall–Kier alpha value is -0.770. The van der Waals surface area contributed by atoms with Gasteiger partial charge in [0.25, 0.3) is 0 Å². The predicted molar refractivity (Wildman–Crippen MR) is 81.2 cm³/mol. The van der Waals surface area contributed by atoms with Gasteiger partial charge in [0.1, 0.15) is 0 Å². The number of carbonyl (C=O) groups is 1. The minimum absolute atomic E-state index is 0. The van der Waals surface area contributed by atoms with Gasteiger partial charge in [0, 0.05) is 24.7 Å². The van der Waals surface area contributed by atoms with Gasteiger partial charge in [-0.25, -0.2) is 0 Å². The van der Waals surface area contributed by atoms with Crippen LogP contribution < -0.4 is 5.32 Å². The Balaban J connectivity index is 0.00000180. The van der Waals surface area contributed by atoms with Crippen LogP contribution in [0.1, 0.15) is 24.8 Å². The first-order valence-corrected chi connectivity index (χ1v) is 6.70. The molecule has 1 aliphatic heterocycles. The van der Waals surface area contributed by atoms with Crippen molar-refractivity contribution in [3.63, 3.8) is 0 Å². The van der Waals surface area contributed by atoms with Gasteiger partial charge < -0.3 is 10.2 Å². The first-order chi connectivity index (χ1) is 8.59. The van der Waals surface area contributed by atoms with Gasteiger partial charge in [0.15, 0.2) is 0 Å². The van der Waals surface area contributed by atoms with Gasteiger partial charge in [-0.15, -0.1) is 12.4 Å². The molecular formula is C14H20Cl2N2O. The van der Waals surface area contributed by atoms with E-state index in [-0.39, 0.29) is 24.2 Å². The predicted octanol–water partition coefficient (Wildman–Crippen LogP) is 2.69. The monoisotopic (exact) mass is 302 g/mol. The minimum Gasteiger partial charge on any atom is -0.341 e. The lowest BCUT2D eigenvalue weighted by atomic mass is 9.99. The molecule has 3 nitrogen and oxygen atoms in total. The molecule has 1 fully saturated rings. The molecule has 2 rings (SSSR count). The Bertz CT molecular complexity index is 433. The maximum absolute atomic E-state index is 12.4. The second kappa shape index (κ2) is 7.13. The average molecular weight is 303 g/mol. The van der Waals surface area contributed by atoms with Crippen molar-refractivity contribution >= 4 is 29.9 Å². The molecule has 1 heterocycles. The van der Waals surface area contributed by atoms with Crippen LogP contribution in [0.5, 0.6) is 0 Å². The molecule has 0 bridgehead atoms. The third kappa shape index (κ3) is 3.85. The van der Waals surface area contributed by atoms with E-state index in [1.54, 1.807) is 0 Å². The number of nitrogens with one attached hydrogen (secondary N) is 1. The molecule has 1 N–H and O–H groups in total. The molecule has 1 aromatic carbocycles. The summed E-state index contributed by atoms with van der Waals surface area (Å²) in [6, 6.07) is 7.85. The number of likely N-dealkylation sites (N-methyl/N-ethyl adjacent to an activating group) is 1. The minimum atomic E-state index is -0.144. The maximum atomic E-state index is 12.4. The zero-order chi connectivity index (χ0) is 13.1. The highest BCUT2D eigenvalue weighted by Gasteiger charge is 2.27. The largest absolute Gasteiger partial charge is 0.341 e. The summed E-state index contributed by atoms with van der Waals surface area (Å²) < 4.78 is 0. The summed E-state index contributed by atoms with van der Waals surface area (Å²) in [6.07, 6.45) is 1.03. The van der Waals surface area contributed by atoms with Gasteiger partial charge in [-0.1, -0.05) is 23.7 Å². The summed E-state index contributed by atoms with van der Waals surface area (Å²) in [5.74, 6) is 0.0141. The highest BCUT2D eigenvalue weighted by Crippen LogP contribution is 2.22. The van der Waals surface area contributed by atoms with Crippen LogP contribution in [-0.4, -0.2) is 37.0 Å². The van der Waals surface area contributed by atoms with Crippen molar-refractivity contribution in [3.8, 4) is 0 Å². The first-order valence-electron chi connectivity index (χ1n) is 6.32. The summed E-state index contributed by atoms with van der Waals surface area (Å²) >= 11 is 5.97. The molecule has 0 spiro atoms. The molecule has 0 saturated carbocycles. The van der Waals surface area contributed by atoms with E-state index in [0.717, 1.165) is 25.1 Å². The molecule has 106 valence electrons. The highest BCUT2D eigenvalue weighted by molar-refractivity contribution is 6.30. The van der Waals surface area contributed by atoms with Crippen LogP contribution in [-0.2, 0) is 4.79 Å². The van der Waals surface area contributed by atoms with Crippen LogP contribution in [0.25, 0.3) is 0 Å². The number of hydrogen-bond donors (Lipinski definition) is 1. The van der Waals surface area contributed by atoms with Gasteiger partial charge in [0.05, 0.1) is 5.92 Å². The van der Waals surface area contributed by atoms with E-state index in [9.17, 15) is 4.79 Å². The van der Waals surface area contributed by atoms with E-state index < -0.39 is 0 Å². The molecule has 0 aromatic heterocycles. The topological polar surface area (TPSA) is 32.3 Å². The zero-order valence-corrected chi connectivity index (χ0v) is 12.8. The maximum Gasteiger partial charge on any atom is 0.229 e. The van der Waals surface area contributed by atoms with Crippen LogP contribution in [0.15, 0.2) is 24.3 Å². The van der Waals surface area contributed by atoms with Gasteiger partial charge >= 0.3 is 0 Å². The van der Waals surface area contributed by atoms with E-state index in [1.165, 1.54) is 0 Å². The van der Waals surface area contributed by atoms with Crippen molar-refractivity contribution < 1.29 is 4.79 Å². The number of halogens is 2. The Morgan fingerprint density at radius 1 is 1.53 bits per heavy atom. The lowest BCUT2D eigenvalue weighted by Crippen LogP contribution is -2.40. The summed E-state index contributed by atoms with van der Waals surface area (Å²) in [4.78, 5) is 14.3. The summed E-state index contributed by atoms with van der Waals surface area (Å²) in [7, 11) is 1.89. The van der Waals surface area contributed by atoms with E-state index in [2.05, 4.69) is 5.32 Å². The van der Waals surface area contributed by atoms with Crippen LogP contribution in [0.3, 0.4) is 0 Å². The number of benzene rings is 1. The molecule has 2 atom stereocenters. The van der Waals surface area contributed by atoms with E-state index >= 15 is 0 Å². The molecule has 5 heteroatoms. The lowest BCUT2D eigenvalue weighted by Gasteiger charge is -2.27. The second-order valence-electron chi connectivity index (χ2n) is 4.87. The lowest BCUT2D eigenvalue weighted by molar-refractivity contribution is -0.132. The normalized spacial score (nSPS) is 19.6. The Morgan fingerprint density at radius 3 is 2.84 bits per heavy atom. The third-order valence-electron chi connectivity index (χ3n) is 3.65. The van der Waals surface area contributed by atoms with E-state index in [1.807, 2.05) is 43.1 Å². The van der Waals surface area contributed by atoms with Crippen molar-refractivity contribution in [2.75, 3.05) is 20.1 Å². The van der Waals surface area contributed by atoms with E-state index in [4.69, 9.17) is 11.6 Å². The number of rotatable bonds is 3. The first kappa shape index (κ1) is 16.3. The van der Waals surface area contributed by atoms with Gasteiger partial charge in [-0.3, -0.25) is 4.79 Å². The molecule has 0 aliphatic carbocycles. The Kier molecular flexibility index (Phi) is 6.11. The van der Waals surface area contributed by atoms with Crippen LogP contribution in [0, 0.1) is 0 Å². The second-order valence-corrected chi connectivity index (χ2v) is 5.31. The molecule has 1 saturated heterocycles. The zero-order valence-electron chi connectivity index (χ0n) is 11.2. The molecule has 0 radical (unpaired) electrons. The van der Waals surface area contributed by atoms with Gasteiger partial charge in [0.2, 0.25) is 5.91 Å². The Morgan fingerprint density at radius 2 is 2.26 bits per heavy atom.